The zero-order chi connectivity index (χ0) is 10.7. The molecule has 0 aliphatic heterocycles. The number of rotatable bonds is 3. The van der Waals surface area contributed by atoms with E-state index in [4.69, 9.17) is 16.0 Å². The highest BCUT2D eigenvalue weighted by atomic mass is 35.5. The lowest BCUT2D eigenvalue weighted by Gasteiger charge is -2.10. The lowest BCUT2D eigenvalue weighted by molar-refractivity contribution is 0.490. The molecule has 0 aliphatic rings. The van der Waals surface area contributed by atoms with Gasteiger partial charge >= 0.3 is 0 Å². The highest BCUT2D eigenvalue weighted by molar-refractivity contribution is 6.28. The Balaban J connectivity index is 2.09. The molecule has 15 heavy (non-hydrogen) atoms. The van der Waals surface area contributed by atoms with Crippen LogP contribution in [-0.2, 0) is 0 Å². The van der Waals surface area contributed by atoms with Crippen LogP contribution in [0.2, 0.25) is 5.28 Å². The van der Waals surface area contributed by atoms with Gasteiger partial charge in [-0.25, -0.2) is 0 Å². The van der Waals surface area contributed by atoms with Crippen LogP contribution in [0.5, 0.6) is 0 Å². The standard InChI is InChI=1S/C9H9ClN4O/c1-6(7-3-2-4-15-7)12-8-5-11-14-9(10)13-8/h2-6H,1H3,(H,12,13,14). The van der Waals surface area contributed by atoms with Crippen LogP contribution in [0.15, 0.2) is 29.0 Å². The second-order valence-electron chi connectivity index (χ2n) is 2.99. The lowest BCUT2D eigenvalue weighted by atomic mass is 10.2. The van der Waals surface area contributed by atoms with Crippen LogP contribution in [0, 0.1) is 0 Å². The lowest BCUT2D eigenvalue weighted by Crippen LogP contribution is -2.07. The number of halogens is 1. The quantitative estimate of drug-likeness (QED) is 0.867. The van der Waals surface area contributed by atoms with Crippen molar-refractivity contribution in [2.75, 3.05) is 5.32 Å². The van der Waals surface area contributed by atoms with Gasteiger partial charge < -0.3 is 9.73 Å². The molecule has 0 saturated heterocycles. The normalized spacial score (nSPS) is 12.4. The Morgan fingerprint density at radius 1 is 1.53 bits per heavy atom. The first kappa shape index (κ1) is 9.92. The molecule has 1 unspecified atom stereocenters. The van der Waals surface area contributed by atoms with E-state index in [1.54, 1.807) is 6.26 Å². The number of aromatic nitrogens is 3. The van der Waals surface area contributed by atoms with Gasteiger partial charge in [0.05, 0.1) is 18.5 Å². The number of furan rings is 1. The molecule has 1 N–H and O–H groups in total. The molecule has 0 fully saturated rings. The number of nitrogens with one attached hydrogen (secondary N) is 1. The molecule has 5 nitrogen and oxygen atoms in total. The molecule has 1 atom stereocenters. The third-order valence-corrected chi connectivity index (χ3v) is 2.03. The molecule has 0 amide bonds. The van der Waals surface area contributed by atoms with Gasteiger partial charge in [0.25, 0.3) is 0 Å². The molecular weight excluding hydrogens is 216 g/mol. The van der Waals surface area contributed by atoms with Crippen molar-refractivity contribution < 1.29 is 4.42 Å². The minimum absolute atomic E-state index is 0.00719. The van der Waals surface area contributed by atoms with Gasteiger partial charge in [-0.1, -0.05) is 0 Å². The van der Waals surface area contributed by atoms with Crippen molar-refractivity contribution >= 4 is 17.4 Å². The highest BCUT2D eigenvalue weighted by Crippen LogP contribution is 2.17. The van der Waals surface area contributed by atoms with E-state index >= 15 is 0 Å². The fourth-order valence-electron chi connectivity index (χ4n) is 1.18. The average molecular weight is 225 g/mol. The maximum atomic E-state index is 5.61. The van der Waals surface area contributed by atoms with Gasteiger partial charge in [0.15, 0.2) is 0 Å². The Morgan fingerprint density at radius 3 is 3.07 bits per heavy atom. The molecule has 2 heterocycles. The van der Waals surface area contributed by atoms with Crippen LogP contribution in [-0.4, -0.2) is 15.2 Å². The van der Waals surface area contributed by atoms with Crippen molar-refractivity contribution in [3.05, 3.63) is 35.6 Å². The predicted octanol–water partition coefficient (Wildman–Crippen LogP) is 2.29. The van der Waals surface area contributed by atoms with Gasteiger partial charge in [0.2, 0.25) is 5.28 Å². The largest absolute Gasteiger partial charge is 0.467 e. The van der Waals surface area contributed by atoms with Crippen molar-refractivity contribution in [3.63, 3.8) is 0 Å². The summed E-state index contributed by atoms with van der Waals surface area (Å²) in [7, 11) is 0. The second kappa shape index (κ2) is 4.27. The number of hydrogen-bond donors (Lipinski definition) is 1. The van der Waals surface area contributed by atoms with E-state index in [2.05, 4.69) is 20.5 Å². The van der Waals surface area contributed by atoms with Crippen molar-refractivity contribution in [2.24, 2.45) is 0 Å². The molecule has 0 spiro atoms. The molecule has 2 aromatic heterocycles. The van der Waals surface area contributed by atoms with Crippen LogP contribution in [0.1, 0.15) is 18.7 Å². The minimum atomic E-state index is 0.00719. The first-order valence-corrected chi connectivity index (χ1v) is 4.78. The molecule has 6 heteroatoms. The van der Waals surface area contributed by atoms with Gasteiger partial charge in [-0.2, -0.15) is 10.1 Å². The van der Waals surface area contributed by atoms with Gasteiger partial charge in [-0.05, 0) is 30.7 Å². The third-order valence-electron chi connectivity index (χ3n) is 1.87. The molecule has 0 saturated carbocycles. The SMILES string of the molecule is CC(Nc1cnnc(Cl)n1)c1ccco1. The summed E-state index contributed by atoms with van der Waals surface area (Å²) < 4.78 is 5.24. The monoisotopic (exact) mass is 224 g/mol. The third kappa shape index (κ3) is 2.44. The Kier molecular flexibility index (Phi) is 2.82. The Bertz CT molecular complexity index is 431. The molecule has 0 radical (unpaired) electrons. The van der Waals surface area contributed by atoms with Crippen molar-refractivity contribution in [1.82, 2.24) is 15.2 Å². The summed E-state index contributed by atoms with van der Waals surface area (Å²) in [6.07, 6.45) is 3.13. The van der Waals surface area contributed by atoms with E-state index in [9.17, 15) is 0 Å². The van der Waals surface area contributed by atoms with E-state index < -0.39 is 0 Å². The molecule has 2 rings (SSSR count). The van der Waals surface area contributed by atoms with Gasteiger partial charge in [0.1, 0.15) is 11.6 Å². The fraction of sp³-hybridized carbons (Fsp3) is 0.222. The molecule has 0 bridgehead atoms. The Morgan fingerprint density at radius 2 is 2.40 bits per heavy atom. The molecule has 2 aromatic rings. The van der Waals surface area contributed by atoms with Crippen LogP contribution >= 0.6 is 11.6 Å². The number of anilines is 1. The fourth-order valence-corrected chi connectivity index (χ4v) is 1.32. The van der Waals surface area contributed by atoms with E-state index in [-0.39, 0.29) is 11.3 Å². The average Bonchev–Trinajstić information content (AvgIpc) is 2.70. The topological polar surface area (TPSA) is 63.8 Å². The van der Waals surface area contributed by atoms with Gasteiger partial charge in [-0.3, -0.25) is 0 Å². The van der Waals surface area contributed by atoms with E-state index in [1.165, 1.54) is 6.20 Å². The van der Waals surface area contributed by atoms with E-state index in [0.29, 0.717) is 5.82 Å². The molecule has 0 aliphatic carbocycles. The van der Waals surface area contributed by atoms with Crippen LogP contribution < -0.4 is 5.32 Å². The van der Waals surface area contributed by atoms with Crippen molar-refractivity contribution in [1.29, 1.82) is 0 Å². The number of hydrogen-bond acceptors (Lipinski definition) is 5. The molecule has 0 aromatic carbocycles. The van der Waals surface area contributed by atoms with E-state index in [0.717, 1.165) is 5.76 Å². The maximum Gasteiger partial charge on any atom is 0.244 e. The summed E-state index contributed by atoms with van der Waals surface area (Å²) in [4.78, 5) is 3.96. The number of nitrogens with zero attached hydrogens (tertiary/aromatic N) is 3. The van der Waals surface area contributed by atoms with Crippen LogP contribution in [0.4, 0.5) is 5.82 Å². The predicted molar refractivity (Wildman–Crippen MR) is 55.6 cm³/mol. The van der Waals surface area contributed by atoms with Crippen molar-refractivity contribution in [2.45, 2.75) is 13.0 Å². The van der Waals surface area contributed by atoms with Gasteiger partial charge in [-0.15, -0.1) is 5.10 Å². The summed E-state index contributed by atoms with van der Waals surface area (Å²) in [5, 5.41) is 10.4. The Labute approximate surface area is 91.5 Å². The first-order chi connectivity index (χ1) is 7.25. The minimum Gasteiger partial charge on any atom is -0.467 e. The van der Waals surface area contributed by atoms with Crippen LogP contribution in [0.3, 0.4) is 0 Å². The highest BCUT2D eigenvalue weighted by Gasteiger charge is 2.08. The molecular formula is C9H9ClN4O. The summed E-state index contributed by atoms with van der Waals surface area (Å²) in [6.45, 7) is 1.95. The van der Waals surface area contributed by atoms with Crippen LogP contribution in [0.25, 0.3) is 0 Å². The summed E-state index contributed by atoms with van der Waals surface area (Å²) >= 11 is 5.61. The van der Waals surface area contributed by atoms with Crippen molar-refractivity contribution in [3.8, 4) is 0 Å². The summed E-state index contributed by atoms with van der Waals surface area (Å²) in [5.41, 5.74) is 0. The summed E-state index contributed by atoms with van der Waals surface area (Å²) in [5.74, 6) is 1.39. The zero-order valence-corrected chi connectivity index (χ0v) is 8.77. The van der Waals surface area contributed by atoms with E-state index in [1.807, 2.05) is 19.1 Å². The second-order valence-corrected chi connectivity index (χ2v) is 3.33. The molecule has 78 valence electrons. The zero-order valence-electron chi connectivity index (χ0n) is 8.01. The maximum absolute atomic E-state index is 5.61. The smallest absolute Gasteiger partial charge is 0.244 e. The Hall–Kier alpha value is -1.62. The van der Waals surface area contributed by atoms with Gasteiger partial charge in [0, 0.05) is 0 Å². The first-order valence-electron chi connectivity index (χ1n) is 4.41. The summed E-state index contributed by atoms with van der Waals surface area (Å²) in [6, 6.07) is 3.72.